The fourth-order valence-corrected chi connectivity index (χ4v) is 2.27. The molecule has 0 spiro atoms. The van der Waals surface area contributed by atoms with Crippen LogP contribution in [0.3, 0.4) is 0 Å². The summed E-state index contributed by atoms with van der Waals surface area (Å²) in [6, 6.07) is 5.88. The lowest BCUT2D eigenvalue weighted by atomic mass is 9.96. The van der Waals surface area contributed by atoms with Crippen molar-refractivity contribution in [2.24, 2.45) is 5.92 Å². The normalized spacial score (nSPS) is 17.3. The second-order valence-corrected chi connectivity index (χ2v) is 5.40. The molecule has 1 atom stereocenters. The Balaban J connectivity index is 1.87. The van der Waals surface area contributed by atoms with Gasteiger partial charge >= 0.3 is 0 Å². The molecule has 1 aromatic carbocycles. The third-order valence-corrected chi connectivity index (χ3v) is 3.31. The van der Waals surface area contributed by atoms with E-state index in [9.17, 15) is 4.79 Å². The molecule has 0 radical (unpaired) electrons. The minimum Gasteiger partial charge on any atom is -0.497 e. The number of carbonyl (C=O) groups is 1. The molecule has 0 aliphatic carbocycles. The van der Waals surface area contributed by atoms with Gasteiger partial charge in [-0.3, -0.25) is 4.79 Å². The molecule has 1 heterocycles. The number of likely N-dealkylation sites (N-methyl/N-ethyl adjacent to an activating group) is 1. The number of ether oxygens (including phenoxy) is 2. The summed E-state index contributed by atoms with van der Waals surface area (Å²) in [4.78, 5) is 13.5. The molecule has 20 heavy (non-hydrogen) atoms. The molecule has 0 bridgehead atoms. The van der Waals surface area contributed by atoms with E-state index in [4.69, 9.17) is 9.47 Å². The van der Waals surface area contributed by atoms with Crippen LogP contribution >= 0.6 is 0 Å². The number of rotatable bonds is 5. The van der Waals surface area contributed by atoms with Crippen molar-refractivity contribution in [3.8, 4) is 11.5 Å². The highest BCUT2D eigenvalue weighted by Crippen LogP contribution is 2.30. The van der Waals surface area contributed by atoms with Crippen LogP contribution in [0.15, 0.2) is 18.2 Å². The summed E-state index contributed by atoms with van der Waals surface area (Å²) in [5.74, 6) is 2.07. The molecule has 1 amide bonds. The molecule has 1 N–H and O–H groups in total. The largest absolute Gasteiger partial charge is 0.497 e. The lowest BCUT2D eigenvalue weighted by Crippen LogP contribution is -2.38. The van der Waals surface area contributed by atoms with Crippen LogP contribution in [0.2, 0.25) is 0 Å². The first-order valence-electron chi connectivity index (χ1n) is 6.79. The number of nitrogens with one attached hydrogen (secondary N) is 1. The van der Waals surface area contributed by atoms with Gasteiger partial charge < -0.3 is 19.7 Å². The Morgan fingerprint density at radius 2 is 2.30 bits per heavy atom. The Labute approximate surface area is 119 Å². The summed E-state index contributed by atoms with van der Waals surface area (Å²) in [5.41, 5.74) is 1.17. The summed E-state index contributed by atoms with van der Waals surface area (Å²) in [6.45, 7) is 1.70. The van der Waals surface area contributed by atoms with Gasteiger partial charge in [-0.1, -0.05) is 6.07 Å². The van der Waals surface area contributed by atoms with E-state index in [-0.39, 0.29) is 5.91 Å². The molecule has 0 aromatic heterocycles. The van der Waals surface area contributed by atoms with Crippen molar-refractivity contribution in [1.29, 1.82) is 0 Å². The molecular formula is C15H22N2O3. The summed E-state index contributed by atoms with van der Waals surface area (Å²) in [6.07, 6.45) is 0.918. The second-order valence-electron chi connectivity index (χ2n) is 5.40. The van der Waals surface area contributed by atoms with Crippen LogP contribution in [-0.2, 0) is 11.2 Å². The quantitative estimate of drug-likeness (QED) is 0.870. The second kappa shape index (κ2) is 6.61. The molecule has 0 saturated carbocycles. The van der Waals surface area contributed by atoms with Crippen LogP contribution in [0.4, 0.5) is 0 Å². The van der Waals surface area contributed by atoms with Crippen molar-refractivity contribution in [2.75, 3.05) is 40.9 Å². The van der Waals surface area contributed by atoms with Gasteiger partial charge in [0.1, 0.15) is 11.5 Å². The number of carbonyl (C=O) groups excluding carboxylic acids is 1. The molecule has 1 aliphatic rings. The molecule has 0 fully saturated rings. The zero-order valence-electron chi connectivity index (χ0n) is 12.3. The Bertz CT molecular complexity index is 474. The van der Waals surface area contributed by atoms with E-state index in [1.54, 1.807) is 7.11 Å². The standard InChI is InChI=1S/C15H22N2O3/c1-17(2)9-15(18)16-8-11-6-12-4-5-13(19-3)7-14(12)20-10-11/h4-5,7,11H,6,8-10H2,1-3H3,(H,16,18)/t11-/m1/s1. The zero-order chi connectivity index (χ0) is 14.5. The molecule has 2 rings (SSSR count). The van der Waals surface area contributed by atoms with Crippen molar-refractivity contribution in [1.82, 2.24) is 10.2 Å². The Hall–Kier alpha value is -1.75. The highest BCUT2D eigenvalue weighted by molar-refractivity contribution is 5.77. The summed E-state index contributed by atoms with van der Waals surface area (Å²) in [5, 5.41) is 2.95. The highest BCUT2D eigenvalue weighted by atomic mass is 16.5. The van der Waals surface area contributed by atoms with E-state index < -0.39 is 0 Å². The van der Waals surface area contributed by atoms with Crippen molar-refractivity contribution < 1.29 is 14.3 Å². The monoisotopic (exact) mass is 278 g/mol. The lowest BCUT2D eigenvalue weighted by Gasteiger charge is -2.26. The van der Waals surface area contributed by atoms with Crippen molar-refractivity contribution in [3.63, 3.8) is 0 Å². The van der Waals surface area contributed by atoms with E-state index in [2.05, 4.69) is 5.32 Å². The third kappa shape index (κ3) is 3.87. The molecule has 5 nitrogen and oxygen atoms in total. The average Bonchev–Trinajstić information content (AvgIpc) is 2.43. The SMILES string of the molecule is COc1ccc2c(c1)OC[C@@H](CNC(=O)CN(C)C)C2. The number of fused-ring (bicyclic) bond motifs is 1. The van der Waals surface area contributed by atoms with Gasteiger partial charge in [-0.2, -0.15) is 0 Å². The van der Waals surface area contributed by atoms with Crippen molar-refractivity contribution >= 4 is 5.91 Å². The molecule has 0 unspecified atom stereocenters. The summed E-state index contributed by atoms with van der Waals surface area (Å²) >= 11 is 0. The molecule has 0 saturated heterocycles. The maximum Gasteiger partial charge on any atom is 0.234 e. The predicted molar refractivity (Wildman–Crippen MR) is 77.2 cm³/mol. The molecule has 1 aromatic rings. The first-order valence-corrected chi connectivity index (χ1v) is 6.79. The van der Waals surface area contributed by atoms with Gasteiger partial charge in [0.25, 0.3) is 0 Å². The van der Waals surface area contributed by atoms with Gasteiger partial charge in [0.15, 0.2) is 0 Å². The van der Waals surface area contributed by atoms with E-state index in [1.165, 1.54) is 5.56 Å². The highest BCUT2D eigenvalue weighted by Gasteiger charge is 2.20. The first-order chi connectivity index (χ1) is 9.58. The molecule has 5 heteroatoms. The van der Waals surface area contributed by atoms with Crippen molar-refractivity contribution in [3.05, 3.63) is 23.8 Å². The number of hydrogen-bond acceptors (Lipinski definition) is 4. The fourth-order valence-electron chi connectivity index (χ4n) is 2.27. The lowest BCUT2D eigenvalue weighted by molar-refractivity contribution is -0.121. The van der Waals surface area contributed by atoms with Gasteiger partial charge in [-0.25, -0.2) is 0 Å². The van der Waals surface area contributed by atoms with E-state index in [0.29, 0.717) is 25.6 Å². The van der Waals surface area contributed by atoms with Gasteiger partial charge in [-0.15, -0.1) is 0 Å². The van der Waals surface area contributed by atoms with Crippen LogP contribution in [-0.4, -0.2) is 51.7 Å². The average molecular weight is 278 g/mol. The van der Waals surface area contributed by atoms with Gasteiger partial charge in [0, 0.05) is 18.5 Å². The van der Waals surface area contributed by atoms with Gasteiger partial charge in [0.05, 0.1) is 20.3 Å². The van der Waals surface area contributed by atoms with E-state index >= 15 is 0 Å². The van der Waals surface area contributed by atoms with Crippen molar-refractivity contribution in [2.45, 2.75) is 6.42 Å². The fraction of sp³-hybridized carbons (Fsp3) is 0.533. The van der Waals surface area contributed by atoms with Crippen LogP contribution in [0.25, 0.3) is 0 Å². The Morgan fingerprint density at radius 3 is 3.00 bits per heavy atom. The van der Waals surface area contributed by atoms with Crippen LogP contribution in [0.1, 0.15) is 5.56 Å². The maximum atomic E-state index is 11.6. The topological polar surface area (TPSA) is 50.8 Å². The predicted octanol–water partition coefficient (Wildman–Crippen LogP) is 0.924. The molecular weight excluding hydrogens is 256 g/mol. The van der Waals surface area contributed by atoms with E-state index in [0.717, 1.165) is 17.9 Å². The number of benzene rings is 1. The third-order valence-electron chi connectivity index (χ3n) is 3.31. The number of nitrogens with zero attached hydrogens (tertiary/aromatic N) is 1. The number of amides is 1. The molecule has 1 aliphatic heterocycles. The Morgan fingerprint density at radius 1 is 1.50 bits per heavy atom. The van der Waals surface area contributed by atoms with E-state index in [1.807, 2.05) is 37.2 Å². The minimum absolute atomic E-state index is 0.0514. The smallest absolute Gasteiger partial charge is 0.234 e. The maximum absolute atomic E-state index is 11.6. The van der Waals surface area contributed by atoms with Gasteiger partial charge in [-0.05, 0) is 32.1 Å². The number of hydrogen-bond donors (Lipinski definition) is 1. The van der Waals surface area contributed by atoms with Crippen LogP contribution < -0.4 is 14.8 Å². The van der Waals surface area contributed by atoms with Crippen LogP contribution in [0, 0.1) is 5.92 Å². The number of methoxy groups -OCH3 is 1. The van der Waals surface area contributed by atoms with Crippen LogP contribution in [0.5, 0.6) is 11.5 Å². The Kier molecular flexibility index (Phi) is 4.84. The molecule has 110 valence electrons. The summed E-state index contributed by atoms with van der Waals surface area (Å²) < 4.78 is 10.9. The first kappa shape index (κ1) is 14.7. The van der Waals surface area contributed by atoms with Gasteiger partial charge in [0.2, 0.25) is 5.91 Å². The zero-order valence-corrected chi connectivity index (χ0v) is 12.3. The summed E-state index contributed by atoms with van der Waals surface area (Å²) in [7, 11) is 5.41. The minimum atomic E-state index is 0.0514.